The summed E-state index contributed by atoms with van der Waals surface area (Å²) in [6.07, 6.45) is -19.7. The van der Waals surface area contributed by atoms with Gasteiger partial charge >= 0.3 is 24.7 Å². The Morgan fingerprint density at radius 3 is 1.24 bits per heavy atom. The van der Waals surface area contributed by atoms with E-state index in [9.17, 15) is 52.7 Å². The number of halogens is 12. The first-order valence-corrected chi connectivity index (χ1v) is 21.6. The number of hydrogen-bond donors (Lipinski definition) is 0. The number of nitrogens with zero attached hydrogens (tertiary/aromatic N) is 3. The molecule has 0 radical (unpaired) electrons. The van der Waals surface area contributed by atoms with Crippen LogP contribution in [0.5, 0.6) is 0 Å². The zero-order chi connectivity index (χ0) is 50.0. The minimum Gasteiger partial charge on any atom is -0.308 e. The number of aromatic nitrogens is 3. The predicted octanol–water partition coefficient (Wildman–Crippen LogP) is 17.7. The summed E-state index contributed by atoms with van der Waals surface area (Å²) in [5.41, 5.74) is -0.562. The topological polar surface area (TPSA) is 30.7 Å². The second kappa shape index (κ2) is 17.3. The fourth-order valence-electron chi connectivity index (χ4n) is 8.72. The van der Waals surface area contributed by atoms with Gasteiger partial charge in [-0.2, -0.15) is 52.7 Å². The quantitative estimate of drug-likeness (QED) is 0.149. The van der Waals surface area contributed by atoms with Crippen LogP contribution in [-0.4, -0.2) is 14.5 Å². The van der Waals surface area contributed by atoms with Crippen molar-refractivity contribution < 1.29 is 52.7 Å². The van der Waals surface area contributed by atoms with Crippen molar-refractivity contribution in [3.63, 3.8) is 0 Å². The molecule has 0 bridgehead atoms. The summed E-state index contributed by atoms with van der Waals surface area (Å²) < 4.78 is 171. The summed E-state index contributed by atoms with van der Waals surface area (Å²) in [6.45, 7) is 0. The Bertz CT molecular complexity index is 3440. The van der Waals surface area contributed by atoms with Crippen LogP contribution in [0.15, 0.2) is 188 Å². The Morgan fingerprint density at radius 1 is 0.296 bits per heavy atom. The van der Waals surface area contributed by atoms with Gasteiger partial charge in [0.2, 0.25) is 0 Å². The number of benzene rings is 8. The number of hydrogen-bond acceptors (Lipinski definition) is 2. The van der Waals surface area contributed by atoms with E-state index in [0.717, 1.165) is 29.8 Å². The highest BCUT2D eigenvalue weighted by Crippen LogP contribution is 2.47. The van der Waals surface area contributed by atoms with Crippen LogP contribution in [0.4, 0.5) is 52.7 Å². The molecule has 3 nitrogen and oxygen atoms in total. The van der Waals surface area contributed by atoms with Gasteiger partial charge in [-0.25, -0.2) is 9.97 Å². The molecule has 0 aliphatic rings. The smallest absolute Gasteiger partial charge is 0.308 e. The molecule has 354 valence electrons. The van der Waals surface area contributed by atoms with Gasteiger partial charge in [0.05, 0.1) is 50.4 Å². The van der Waals surface area contributed by atoms with E-state index in [1.54, 1.807) is 47.0 Å². The van der Waals surface area contributed by atoms with E-state index in [1.165, 1.54) is 42.5 Å². The first-order chi connectivity index (χ1) is 33.7. The number of para-hydroxylation sites is 1. The van der Waals surface area contributed by atoms with Crippen molar-refractivity contribution >= 4 is 21.8 Å². The summed E-state index contributed by atoms with van der Waals surface area (Å²) in [6, 6.07) is 44.4. The van der Waals surface area contributed by atoms with Crippen LogP contribution in [0.3, 0.4) is 0 Å². The normalized spacial score (nSPS) is 12.5. The van der Waals surface area contributed by atoms with Crippen LogP contribution in [0.1, 0.15) is 22.3 Å². The van der Waals surface area contributed by atoms with Crippen molar-refractivity contribution in [3.8, 4) is 73.0 Å². The second-order valence-corrected chi connectivity index (χ2v) is 16.6. The highest BCUT2D eigenvalue weighted by Gasteiger charge is 2.37. The molecule has 15 heteroatoms. The maximum atomic E-state index is 14.1. The fraction of sp³-hybridized carbons (Fsp3) is 0.0714. The van der Waals surface area contributed by atoms with Crippen LogP contribution in [0.25, 0.3) is 94.8 Å². The number of fused-ring (bicyclic) bond motifs is 3. The third-order valence-corrected chi connectivity index (χ3v) is 12.1. The Morgan fingerprint density at radius 2 is 0.732 bits per heavy atom. The standard InChI is InChI=1S/C56H31F12N3/c57-53(58,59)39-20-15-32(16-21-39)44-28-38(48-31-47(34-9-3-1-4-10-34)69-52(70-48)35-11-5-2-6-12-35)29-45(33-17-22-40(23-18-33)54(60,61)62)51(44)71-49-14-8-7-13-43(49)46-27-36(19-24-50(46)71)37-25-41(55(63,64)65)30-42(26-37)56(66,67)68/h1-31H. The average molecular weight is 974 g/mol. The summed E-state index contributed by atoms with van der Waals surface area (Å²) in [5, 5.41) is 0.838. The van der Waals surface area contributed by atoms with E-state index in [4.69, 9.17) is 9.97 Å². The van der Waals surface area contributed by atoms with Crippen LogP contribution in [-0.2, 0) is 24.7 Å². The summed E-state index contributed by atoms with van der Waals surface area (Å²) >= 11 is 0. The second-order valence-electron chi connectivity index (χ2n) is 16.6. The lowest BCUT2D eigenvalue weighted by molar-refractivity contribution is -0.143. The zero-order valence-corrected chi connectivity index (χ0v) is 36.3. The van der Waals surface area contributed by atoms with Gasteiger partial charge in [-0.05, 0) is 101 Å². The van der Waals surface area contributed by atoms with Gasteiger partial charge in [0, 0.05) is 38.6 Å². The Labute approximate surface area is 395 Å². The lowest BCUT2D eigenvalue weighted by Crippen LogP contribution is -2.11. The van der Waals surface area contributed by atoms with E-state index in [-0.39, 0.29) is 45.1 Å². The Hall–Kier alpha value is -8.20. The average Bonchev–Trinajstić information content (AvgIpc) is 3.68. The van der Waals surface area contributed by atoms with Crippen molar-refractivity contribution in [1.82, 2.24) is 14.5 Å². The molecular weight excluding hydrogens is 943 g/mol. The lowest BCUT2D eigenvalue weighted by Gasteiger charge is -2.22. The first-order valence-electron chi connectivity index (χ1n) is 21.6. The third kappa shape index (κ3) is 9.10. The molecule has 71 heavy (non-hydrogen) atoms. The predicted molar refractivity (Wildman–Crippen MR) is 249 cm³/mol. The molecule has 10 aromatic rings. The molecule has 2 aromatic heterocycles. The highest BCUT2D eigenvalue weighted by molar-refractivity contribution is 6.12. The molecular formula is C56H31F12N3. The van der Waals surface area contributed by atoms with E-state index < -0.39 is 47.0 Å². The summed E-state index contributed by atoms with van der Waals surface area (Å²) in [7, 11) is 0. The van der Waals surface area contributed by atoms with E-state index in [0.29, 0.717) is 62.3 Å². The number of rotatable bonds is 7. The van der Waals surface area contributed by atoms with Crippen molar-refractivity contribution in [2.24, 2.45) is 0 Å². The minimum absolute atomic E-state index is 0.00507. The zero-order valence-electron chi connectivity index (χ0n) is 36.3. The van der Waals surface area contributed by atoms with Crippen LogP contribution < -0.4 is 0 Å². The molecule has 0 unspecified atom stereocenters. The van der Waals surface area contributed by atoms with Gasteiger partial charge in [0.1, 0.15) is 0 Å². The van der Waals surface area contributed by atoms with Crippen molar-refractivity contribution in [1.29, 1.82) is 0 Å². The van der Waals surface area contributed by atoms with Gasteiger partial charge in [0.15, 0.2) is 5.82 Å². The molecule has 0 spiro atoms. The van der Waals surface area contributed by atoms with Gasteiger partial charge in [-0.15, -0.1) is 0 Å². The molecule has 0 aliphatic heterocycles. The van der Waals surface area contributed by atoms with E-state index in [1.807, 2.05) is 60.7 Å². The molecule has 0 amide bonds. The fourth-order valence-corrected chi connectivity index (χ4v) is 8.72. The van der Waals surface area contributed by atoms with Crippen molar-refractivity contribution in [2.45, 2.75) is 24.7 Å². The SMILES string of the molecule is FC(F)(F)c1ccc(-c2cc(-c3cc(-c4ccccc4)nc(-c4ccccc4)n3)cc(-c3ccc(C(F)(F)F)cc3)c2-n2c3ccccc3c3cc(-c4cc(C(F)(F)F)cc(C(F)(F)F)c4)ccc32)cc1. The lowest BCUT2D eigenvalue weighted by atomic mass is 9.90. The maximum Gasteiger partial charge on any atom is 0.416 e. The molecule has 8 aromatic carbocycles. The highest BCUT2D eigenvalue weighted by atomic mass is 19.4. The molecule has 0 atom stereocenters. The molecule has 10 rings (SSSR count). The summed E-state index contributed by atoms with van der Waals surface area (Å²) in [4.78, 5) is 9.85. The Balaban J connectivity index is 1.30. The molecule has 0 saturated carbocycles. The maximum absolute atomic E-state index is 14.1. The number of alkyl halides is 12. The monoisotopic (exact) mass is 973 g/mol. The first kappa shape index (κ1) is 46.5. The van der Waals surface area contributed by atoms with Gasteiger partial charge in [-0.3, -0.25) is 0 Å². The molecule has 0 N–H and O–H groups in total. The largest absolute Gasteiger partial charge is 0.416 e. The van der Waals surface area contributed by atoms with E-state index in [2.05, 4.69) is 0 Å². The summed E-state index contributed by atoms with van der Waals surface area (Å²) in [5.74, 6) is 0.319. The van der Waals surface area contributed by atoms with Crippen LogP contribution in [0.2, 0.25) is 0 Å². The van der Waals surface area contributed by atoms with Crippen molar-refractivity contribution in [2.75, 3.05) is 0 Å². The van der Waals surface area contributed by atoms with Gasteiger partial charge in [-0.1, -0.05) is 109 Å². The van der Waals surface area contributed by atoms with Gasteiger partial charge < -0.3 is 4.57 Å². The molecule has 0 saturated heterocycles. The Kier molecular flexibility index (Phi) is 11.4. The van der Waals surface area contributed by atoms with Crippen LogP contribution >= 0.6 is 0 Å². The van der Waals surface area contributed by atoms with Crippen molar-refractivity contribution in [3.05, 3.63) is 210 Å². The molecule has 0 aliphatic carbocycles. The molecule has 2 heterocycles. The third-order valence-electron chi connectivity index (χ3n) is 12.1. The van der Waals surface area contributed by atoms with Crippen LogP contribution in [0, 0.1) is 0 Å². The van der Waals surface area contributed by atoms with Gasteiger partial charge in [0.25, 0.3) is 0 Å². The molecule has 0 fully saturated rings. The van der Waals surface area contributed by atoms with E-state index >= 15 is 0 Å². The minimum atomic E-state index is -5.12.